The SMILES string of the molecule is C=C1CS(=O)[C@H]2C(NC(=O)COc3ccc([N+](=O)[O-])cc3)C(=O)N2C1C(=O)OCc1ccc(OC)cc1. The third-order valence-electron chi connectivity index (χ3n) is 5.84. The third-order valence-corrected chi connectivity index (χ3v) is 7.53. The highest BCUT2D eigenvalue weighted by atomic mass is 32.2. The third kappa shape index (κ3) is 5.45. The van der Waals surface area contributed by atoms with Crippen molar-refractivity contribution in [1.29, 1.82) is 0 Å². The summed E-state index contributed by atoms with van der Waals surface area (Å²) >= 11 is 0. The number of carbonyl (C=O) groups excluding carboxylic acids is 3. The van der Waals surface area contributed by atoms with Crippen molar-refractivity contribution in [2.75, 3.05) is 19.5 Å². The van der Waals surface area contributed by atoms with Crippen molar-refractivity contribution in [1.82, 2.24) is 10.2 Å². The molecule has 0 bridgehead atoms. The lowest BCUT2D eigenvalue weighted by Gasteiger charge is -2.52. The molecule has 0 spiro atoms. The molecule has 2 aromatic rings. The molecule has 37 heavy (non-hydrogen) atoms. The van der Waals surface area contributed by atoms with Gasteiger partial charge < -0.3 is 24.4 Å². The van der Waals surface area contributed by atoms with Gasteiger partial charge in [-0.15, -0.1) is 0 Å². The van der Waals surface area contributed by atoms with Crippen LogP contribution in [0, 0.1) is 10.1 Å². The number of benzene rings is 2. The Balaban J connectivity index is 1.34. The molecule has 2 amide bonds. The van der Waals surface area contributed by atoms with Gasteiger partial charge in [0.15, 0.2) is 12.6 Å². The Kier molecular flexibility index (Phi) is 7.53. The van der Waals surface area contributed by atoms with Crippen molar-refractivity contribution in [2.24, 2.45) is 0 Å². The van der Waals surface area contributed by atoms with Crippen LogP contribution in [0.25, 0.3) is 0 Å². The van der Waals surface area contributed by atoms with E-state index >= 15 is 0 Å². The first-order valence-electron chi connectivity index (χ1n) is 11.0. The predicted molar refractivity (Wildman–Crippen MR) is 130 cm³/mol. The average molecular weight is 530 g/mol. The van der Waals surface area contributed by atoms with Crippen molar-refractivity contribution < 1.29 is 37.7 Å². The number of nitrogens with one attached hydrogen (secondary N) is 1. The van der Waals surface area contributed by atoms with E-state index in [1.165, 1.54) is 31.4 Å². The molecule has 2 aromatic carbocycles. The molecule has 2 fully saturated rings. The Morgan fingerprint density at radius 2 is 1.81 bits per heavy atom. The van der Waals surface area contributed by atoms with Gasteiger partial charge in [0.05, 0.1) is 22.8 Å². The standard InChI is InChI=1S/C24H23N3O9S/c1-14-13-37(33)23-20(25-19(28)12-35-18-9-5-16(6-10-18)27(31)32)22(29)26(23)21(14)24(30)36-11-15-3-7-17(34-2)8-4-15/h3-10,20-21,23H,1,11-13H2,2H3,(H,25,28)/t20?,21?,23-,37?/m0/s1. The molecule has 13 heteroatoms. The van der Waals surface area contributed by atoms with Crippen LogP contribution in [-0.2, 0) is 36.5 Å². The topological polar surface area (TPSA) is 154 Å². The summed E-state index contributed by atoms with van der Waals surface area (Å²) < 4.78 is 28.5. The number of fused-ring (bicyclic) bond motifs is 1. The van der Waals surface area contributed by atoms with Crippen molar-refractivity contribution in [3.05, 3.63) is 76.4 Å². The van der Waals surface area contributed by atoms with Crippen LogP contribution in [0.2, 0.25) is 0 Å². The van der Waals surface area contributed by atoms with Gasteiger partial charge in [0.25, 0.3) is 11.6 Å². The summed E-state index contributed by atoms with van der Waals surface area (Å²) in [7, 11) is -0.0515. The van der Waals surface area contributed by atoms with Crippen molar-refractivity contribution in [2.45, 2.75) is 24.1 Å². The lowest BCUT2D eigenvalue weighted by molar-refractivity contribution is -0.384. The molecular weight excluding hydrogens is 506 g/mol. The summed E-state index contributed by atoms with van der Waals surface area (Å²) in [5.74, 6) is -1.10. The van der Waals surface area contributed by atoms with Gasteiger partial charge in [-0.05, 0) is 35.4 Å². The van der Waals surface area contributed by atoms with E-state index in [1.54, 1.807) is 24.3 Å². The summed E-state index contributed by atoms with van der Waals surface area (Å²) in [6.45, 7) is 3.30. The van der Waals surface area contributed by atoms with E-state index in [0.717, 1.165) is 4.90 Å². The van der Waals surface area contributed by atoms with Crippen molar-refractivity contribution >= 4 is 34.3 Å². The molecule has 12 nitrogen and oxygen atoms in total. The number of nitro benzene ring substituents is 1. The molecular formula is C24H23N3O9S. The Labute approximate surface area is 213 Å². The minimum absolute atomic E-state index is 0.0254. The van der Waals surface area contributed by atoms with E-state index in [0.29, 0.717) is 11.3 Å². The van der Waals surface area contributed by atoms with Crippen LogP contribution in [0.5, 0.6) is 11.5 Å². The maximum absolute atomic E-state index is 12.9. The van der Waals surface area contributed by atoms with Gasteiger partial charge in [0, 0.05) is 17.9 Å². The number of β-lactam (4-membered cyclic amide) rings is 1. The molecule has 2 saturated heterocycles. The van der Waals surface area contributed by atoms with Gasteiger partial charge in [0.1, 0.15) is 29.5 Å². The van der Waals surface area contributed by atoms with Crippen LogP contribution in [0.1, 0.15) is 5.56 Å². The molecule has 2 aliphatic rings. The Morgan fingerprint density at radius 3 is 2.43 bits per heavy atom. The first kappa shape index (κ1) is 25.8. The van der Waals surface area contributed by atoms with Crippen LogP contribution in [0.3, 0.4) is 0 Å². The number of carbonyl (C=O) groups is 3. The number of rotatable bonds is 9. The minimum Gasteiger partial charge on any atom is -0.497 e. The lowest BCUT2D eigenvalue weighted by Crippen LogP contribution is -2.77. The molecule has 3 unspecified atom stereocenters. The quantitative estimate of drug-likeness (QED) is 0.165. The lowest BCUT2D eigenvalue weighted by atomic mass is 9.98. The summed E-state index contributed by atoms with van der Waals surface area (Å²) in [5, 5.41) is 12.3. The highest BCUT2D eigenvalue weighted by molar-refractivity contribution is 7.86. The normalized spacial score (nSPS) is 22.4. The number of amides is 2. The number of esters is 1. The molecule has 2 heterocycles. The number of ether oxygens (including phenoxy) is 3. The minimum atomic E-state index is -1.59. The number of hydrogen-bond acceptors (Lipinski definition) is 9. The van der Waals surface area contributed by atoms with Crippen molar-refractivity contribution in [3.63, 3.8) is 0 Å². The monoisotopic (exact) mass is 529 g/mol. The fraction of sp³-hybridized carbons (Fsp3) is 0.292. The first-order valence-corrected chi connectivity index (χ1v) is 12.4. The fourth-order valence-corrected chi connectivity index (χ4v) is 5.64. The van der Waals surface area contributed by atoms with Crippen LogP contribution in [0.15, 0.2) is 60.7 Å². The van der Waals surface area contributed by atoms with Crippen molar-refractivity contribution in [3.8, 4) is 11.5 Å². The van der Waals surface area contributed by atoms with E-state index in [4.69, 9.17) is 14.2 Å². The largest absolute Gasteiger partial charge is 0.497 e. The molecule has 2 aliphatic heterocycles. The van der Waals surface area contributed by atoms with E-state index in [9.17, 15) is 28.7 Å². The van der Waals surface area contributed by atoms with Gasteiger partial charge in [-0.3, -0.25) is 23.9 Å². The molecule has 0 radical (unpaired) electrons. The number of hydrogen-bond donors (Lipinski definition) is 1. The highest BCUT2D eigenvalue weighted by Crippen LogP contribution is 2.35. The van der Waals surface area contributed by atoms with Gasteiger partial charge in [-0.2, -0.15) is 0 Å². The summed E-state index contributed by atoms with van der Waals surface area (Å²) in [6, 6.07) is 9.84. The van der Waals surface area contributed by atoms with Crippen LogP contribution in [-0.4, -0.2) is 68.7 Å². The molecule has 4 rings (SSSR count). The van der Waals surface area contributed by atoms with E-state index in [-0.39, 0.29) is 29.4 Å². The van der Waals surface area contributed by atoms with E-state index in [2.05, 4.69) is 11.9 Å². The number of methoxy groups -OCH3 is 1. The second-order valence-corrected chi connectivity index (χ2v) is 9.80. The van der Waals surface area contributed by atoms with Gasteiger partial charge in [-0.1, -0.05) is 18.7 Å². The van der Waals surface area contributed by atoms with Crippen LogP contribution in [0.4, 0.5) is 5.69 Å². The molecule has 1 N–H and O–H groups in total. The number of nitro groups is 1. The zero-order chi connectivity index (χ0) is 26.7. The smallest absolute Gasteiger partial charge is 0.333 e. The molecule has 4 atom stereocenters. The van der Waals surface area contributed by atoms with Crippen LogP contribution < -0.4 is 14.8 Å². The Morgan fingerprint density at radius 1 is 1.16 bits per heavy atom. The molecule has 0 saturated carbocycles. The maximum Gasteiger partial charge on any atom is 0.333 e. The highest BCUT2D eigenvalue weighted by Gasteiger charge is 2.59. The Bertz CT molecular complexity index is 1260. The number of nitrogens with zero attached hydrogens (tertiary/aromatic N) is 2. The van der Waals surface area contributed by atoms with Gasteiger partial charge in [-0.25, -0.2) is 4.79 Å². The average Bonchev–Trinajstić information content (AvgIpc) is 2.89. The zero-order valence-corrected chi connectivity index (χ0v) is 20.5. The molecule has 194 valence electrons. The van der Waals surface area contributed by atoms with Gasteiger partial charge >= 0.3 is 5.97 Å². The fourth-order valence-electron chi connectivity index (χ4n) is 3.98. The molecule has 0 aliphatic carbocycles. The predicted octanol–water partition coefficient (Wildman–Crippen LogP) is 1.07. The van der Waals surface area contributed by atoms with Crippen LogP contribution >= 0.6 is 0 Å². The summed E-state index contributed by atoms with van der Waals surface area (Å²) in [5.41, 5.74) is 0.869. The summed E-state index contributed by atoms with van der Waals surface area (Å²) in [4.78, 5) is 49.4. The second kappa shape index (κ2) is 10.8. The van der Waals surface area contributed by atoms with E-state index < -0.39 is 57.6 Å². The first-order chi connectivity index (χ1) is 17.7. The molecule has 0 aromatic heterocycles. The second-order valence-electron chi connectivity index (χ2n) is 8.26. The Hall–Kier alpha value is -4.26. The maximum atomic E-state index is 12.9. The van der Waals surface area contributed by atoms with E-state index in [1.807, 2.05) is 0 Å². The number of non-ortho nitro benzene ring substituents is 1. The van der Waals surface area contributed by atoms with Gasteiger partial charge in [0.2, 0.25) is 5.91 Å². The zero-order valence-electron chi connectivity index (χ0n) is 19.7. The summed E-state index contributed by atoms with van der Waals surface area (Å²) in [6.07, 6.45) is 0.